The Labute approximate surface area is 262 Å². The van der Waals surface area contributed by atoms with E-state index in [1.54, 1.807) is 18.9 Å². The van der Waals surface area contributed by atoms with E-state index in [1.165, 1.54) is 36.9 Å². The van der Waals surface area contributed by atoms with E-state index in [9.17, 15) is 23.1 Å². The van der Waals surface area contributed by atoms with Crippen molar-refractivity contribution in [2.24, 2.45) is 5.92 Å². The van der Waals surface area contributed by atoms with Crippen LogP contribution in [0.5, 0.6) is 5.75 Å². The van der Waals surface area contributed by atoms with Gasteiger partial charge in [0, 0.05) is 30.6 Å². The molecule has 3 atom stereocenters. The van der Waals surface area contributed by atoms with Gasteiger partial charge in [-0.05, 0) is 50.4 Å². The summed E-state index contributed by atoms with van der Waals surface area (Å²) in [4.78, 5) is 30.1. The third-order valence-electron chi connectivity index (χ3n) is 7.99. The molecule has 0 spiro atoms. The maximum absolute atomic E-state index is 13.8. The maximum Gasteiger partial charge on any atom is 0.321 e. The number of aliphatic hydroxyl groups is 1. The van der Waals surface area contributed by atoms with Crippen molar-refractivity contribution in [1.29, 1.82) is 0 Å². The van der Waals surface area contributed by atoms with Crippen LogP contribution in [0.4, 0.5) is 16.2 Å². The fourth-order valence-electron chi connectivity index (χ4n) is 5.47. The average molecular weight is 636 g/mol. The molecule has 0 saturated carbocycles. The number of fused-ring (bicyclic) bond motifs is 2. The van der Waals surface area contributed by atoms with Crippen molar-refractivity contribution in [2.75, 3.05) is 36.8 Å². The standard InChI is InChI=1S/C32H37N5O7S/c1-19-16-37(20(2)18-38)31(39)26-15-24(35-45(41,42)30-21(3)34-44-22(30)4)13-14-28(26)43-29(19)17-36(5)32(40)33-27-12-8-10-23-9-6-7-11-25(23)27/h6-15,19-20,29,35,38H,16-18H2,1-5H3,(H,33,40)/t19-,20-,29+/m0/s1. The van der Waals surface area contributed by atoms with E-state index in [1.807, 2.05) is 49.4 Å². The van der Waals surface area contributed by atoms with Gasteiger partial charge in [0.15, 0.2) is 10.7 Å². The van der Waals surface area contributed by atoms with E-state index >= 15 is 0 Å². The van der Waals surface area contributed by atoms with E-state index < -0.39 is 28.1 Å². The number of anilines is 2. The van der Waals surface area contributed by atoms with Gasteiger partial charge < -0.3 is 29.5 Å². The Kier molecular flexibility index (Phi) is 9.03. The zero-order valence-corrected chi connectivity index (χ0v) is 26.6. The number of benzene rings is 3. The number of likely N-dealkylation sites (N-methyl/N-ethyl adjacent to an activating group) is 1. The molecule has 45 heavy (non-hydrogen) atoms. The summed E-state index contributed by atoms with van der Waals surface area (Å²) in [6.45, 7) is 6.83. The van der Waals surface area contributed by atoms with Crippen LogP contribution in [0, 0.1) is 19.8 Å². The quantitative estimate of drug-likeness (QED) is 0.253. The van der Waals surface area contributed by atoms with Crippen LogP contribution < -0.4 is 14.8 Å². The zero-order valence-electron chi connectivity index (χ0n) is 25.8. The van der Waals surface area contributed by atoms with Crippen LogP contribution in [0.1, 0.15) is 35.7 Å². The Hall–Kier alpha value is -4.62. The minimum Gasteiger partial charge on any atom is -0.487 e. The number of nitrogens with one attached hydrogen (secondary N) is 2. The number of hydrogen-bond acceptors (Lipinski definition) is 8. The molecule has 0 aliphatic carbocycles. The first-order valence-electron chi connectivity index (χ1n) is 14.6. The molecule has 3 aromatic carbocycles. The normalized spacial score (nSPS) is 17.6. The van der Waals surface area contributed by atoms with Gasteiger partial charge in [-0.2, -0.15) is 0 Å². The molecule has 1 aromatic heterocycles. The van der Waals surface area contributed by atoms with Gasteiger partial charge in [-0.1, -0.05) is 48.5 Å². The van der Waals surface area contributed by atoms with Gasteiger partial charge in [-0.25, -0.2) is 13.2 Å². The number of aryl methyl sites for hydroxylation is 2. The first-order valence-corrected chi connectivity index (χ1v) is 16.1. The van der Waals surface area contributed by atoms with Crippen molar-refractivity contribution in [1.82, 2.24) is 15.0 Å². The molecule has 0 unspecified atom stereocenters. The van der Waals surface area contributed by atoms with E-state index in [0.29, 0.717) is 5.69 Å². The van der Waals surface area contributed by atoms with E-state index in [4.69, 9.17) is 9.26 Å². The van der Waals surface area contributed by atoms with E-state index in [-0.39, 0.29) is 65.0 Å². The fourth-order valence-corrected chi connectivity index (χ4v) is 6.85. The third-order valence-corrected chi connectivity index (χ3v) is 9.61. The van der Waals surface area contributed by atoms with Gasteiger partial charge in [0.05, 0.1) is 30.4 Å². The summed E-state index contributed by atoms with van der Waals surface area (Å²) < 4.78 is 40.2. The number of nitrogens with zero attached hydrogens (tertiary/aromatic N) is 3. The van der Waals surface area contributed by atoms with Crippen molar-refractivity contribution < 1.29 is 32.4 Å². The van der Waals surface area contributed by atoms with Gasteiger partial charge in [0.2, 0.25) is 0 Å². The second-order valence-corrected chi connectivity index (χ2v) is 13.0. The summed E-state index contributed by atoms with van der Waals surface area (Å²) in [5.41, 5.74) is 1.15. The molecule has 1 aliphatic heterocycles. The SMILES string of the molecule is Cc1noc(C)c1S(=O)(=O)Nc1ccc2c(c1)C(=O)N([C@@H](C)CO)C[C@H](C)[C@@H](CN(C)C(=O)Nc1cccc3ccccc13)O2. The zero-order chi connectivity index (χ0) is 32.5. The highest BCUT2D eigenvalue weighted by Crippen LogP contribution is 2.32. The number of sulfonamides is 1. The minimum atomic E-state index is -4.07. The summed E-state index contributed by atoms with van der Waals surface area (Å²) in [7, 11) is -2.41. The highest BCUT2D eigenvalue weighted by atomic mass is 32.2. The Morgan fingerprint density at radius 1 is 1.16 bits per heavy atom. The van der Waals surface area contributed by atoms with Gasteiger partial charge >= 0.3 is 6.03 Å². The first-order chi connectivity index (χ1) is 21.4. The number of aromatic nitrogens is 1. The van der Waals surface area contributed by atoms with Crippen LogP contribution in [0.2, 0.25) is 0 Å². The lowest BCUT2D eigenvalue weighted by atomic mass is 9.99. The molecule has 1 aliphatic rings. The number of carbonyl (C=O) groups excluding carboxylic acids is 2. The van der Waals surface area contributed by atoms with Crippen LogP contribution >= 0.6 is 0 Å². The lowest BCUT2D eigenvalue weighted by molar-refractivity contribution is 0.0371. The smallest absolute Gasteiger partial charge is 0.321 e. The van der Waals surface area contributed by atoms with Gasteiger partial charge in [-0.15, -0.1) is 0 Å². The molecular weight excluding hydrogens is 598 g/mol. The molecule has 3 N–H and O–H groups in total. The van der Waals surface area contributed by atoms with Crippen LogP contribution in [-0.2, 0) is 10.0 Å². The topological polar surface area (TPSA) is 154 Å². The van der Waals surface area contributed by atoms with E-state index in [0.717, 1.165) is 10.8 Å². The van der Waals surface area contributed by atoms with Gasteiger partial charge in [0.1, 0.15) is 17.5 Å². The molecule has 0 bridgehead atoms. The molecule has 2 heterocycles. The molecule has 5 rings (SSSR count). The summed E-state index contributed by atoms with van der Waals surface area (Å²) in [5, 5.41) is 18.6. The largest absolute Gasteiger partial charge is 0.487 e. The highest BCUT2D eigenvalue weighted by molar-refractivity contribution is 7.92. The molecule has 12 nitrogen and oxygen atoms in total. The lowest BCUT2D eigenvalue weighted by Gasteiger charge is -2.38. The van der Waals surface area contributed by atoms with Crippen molar-refractivity contribution in [3.8, 4) is 5.75 Å². The third kappa shape index (κ3) is 6.59. The number of amides is 3. The summed E-state index contributed by atoms with van der Waals surface area (Å²) >= 11 is 0. The average Bonchev–Trinajstić information content (AvgIpc) is 3.37. The number of hydrogen-bond donors (Lipinski definition) is 3. The molecule has 0 fully saturated rings. The monoisotopic (exact) mass is 635 g/mol. The van der Waals surface area contributed by atoms with Crippen LogP contribution in [0.25, 0.3) is 10.8 Å². The summed E-state index contributed by atoms with van der Waals surface area (Å²) in [6.07, 6.45) is -0.543. The number of aliphatic hydroxyl groups excluding tert-OH is 1. The van der Waals surface area contributed by atoms with Crippen molar-refractivity contribution in [2.45, 2.75) is 44.7 Å². The fraction of sp³-hybridized carbons (Fsp3) is 0.344. The van der Waals surface area contributed by atoms with Crippen LogP contribution in [0.3, 0.4) is 0 Å². The van der Waals surface area contributed by atoms with Gasteiger partial charge in [0.25, 0.3) is 15.9 Å². The molecule has 238 valence electrons. The van der Waals surface area contributed by atoms with Gasteiger partial charge in [-0.3, -0.25) is 9.52 Å². The predicted molar refractivity (Wildman–Crippen MR) is 170 cm³/mol. The molecule has 4 aromatic rings. The maximum atomic E-state index is 13.8. The van der Waals surface area contributed by atoms with Crippen LogP contribution in [0.15, 0.2) is 70.1 Å². The Morgan fingerprint density at radius 2 is 1.89 bits per heavy atom. The number of carbonyl (C=O) groups is 2. The minimum absolute atomic E-state index is 0.0777. The highest BCUT2D eigenvalue weighted by Gasteiger charge is 2.34. The molecule has 0 radical (unpaired) electrons. The summed E-state index contributed by atoms with van der Waals surface area (Å²) in [6, 6.07) is 17.1. The Bertz CT molecular complexity index is 1820. The second kappa shape index (κ2) is 12.8. The van der Waals surface area contributed by atoms with Crippen LogP contribution in [-0.4, -0.2) is 79.3 Å². The first kappa shape index (κ1) is 31.8. The number of ether oxygens (including phenoxy) is 1. The van der Waals surface area contributed by atoms with Crippen molar-refractivity contribution in [3.05, 3.63) is 77.7 Å². The molecule has 3 amide bonds. The molecular formula is C32H37N5O7S. The Morgan fingerprint density at radius 3 is 2.60 bits per heavy atom. The van der Waals surface area contributed by atoms with Crippen molar-refractivity contribution >= 4 is 44.1 Å². The second-order valence-electron chi connectivity index (χ2n) is 11.4. The van der Waals surface area contributed by atoms with E-state index in [2.05, 4.69) is 15.2 Å². The molecule has 0 saturated heterocycles. The lowest BCUT2D eigenvalue weighted by Crippen LogP contribution is -2.50. The van der Waals surface area contributed by atoms with Crippen molar-refractivity contribution in [3.63, 3.8) is 0 Å². The number of rotatable bonds is 8. The molecule has 13 heteroatoms. The summed E-state index contributed by atoms with van der Waals surface area (Å²) in [5.74, 6) is -0.284. The number of urea groups is 1. The Balaban J connectivity index is 1.42. The predicted octanol–water partition coefficient (Wildman–Crippen LogP) is 4.63.